The number of nitrogens with one attached hydrogen (secondary N) is 1. The van der Waals surface area contributed by atoms with Gasteiger partial charge in [-0.05, 0) is 38.5 Å². The molecule has 190 valence electrons. The third kappa shape index (κ3) is 6.98. The number of hydrogen-bond donors (Lipinski definition) is 1. The molecule has 1 aliphatic rings. The van der Waals surface area contributed by atoms with Gasteiger partial charge in [-0.2, -0.15) is 18.3 Å². The molecule has 1 N–H and O–H groups in total. The Morgan fingerprint density at radius 1 is 1.12 bits per heavy atom. The molecule has 0 aliphatic carbocycles. The molecule has 0 atom stereocenters. The molecule has 0 saturated carbocycles. The van der Waals surface area contributed by atoms with Crippen LogP contribution in [0.2, 0.25) is 0 Å². The fourth-order valence-corrected chi connectivity index (χ4v) is 5.45. The first-order chi connectivity index (χ1) is 15.6. The molecule has 2 heterocycles. The summed E-state index contributed by atoms with van der Waals surface area (Å²) in [6.07, 6.45) is -5.22. The number of alkyl halides is 5. The zero-order valence-electron chi connectivity index (χ0n) is 19.3. The summed E-state index contributed by atoms with van der Waals surface area (Å²) in [7, 11) is -4.61. The van der Waals surface area contributed by atoms with Crippen LogP contribution < -0.4 is 4.72 Å². The molecule has 6 nitrogen and oxygen atoms in total. The first-order valence-electron chi connectivity index (χ1n) is 11.0. The van der Waals surface area contributed by atoms with Crippen molar-refractivity contribution in [3.63, 3.8) is 0 Å². The molecule has 0 radical (unpaired) electrons. The molecule has 3 rings (SSSR count). The maximum Gasteiger partial charge on any atom is 0.404 e. The minimum Gasteiger partial charge on any atom is -0.297 e. The zero-order chi connectivity index (χ0) is 25.4. The van der Waals surface area contributed by atoms with Crippen LogP contribution in [0.15, 0.2) is 30.3 Å². The molecule has 34 heavy (non-hydrogen) atoms. The monoisotopic (exact) mass is 508 g/mol. The van der Waals surface area contributed by atoms with E-state index in [0.29, 0.717) is 24.2 Å². The lowest BCUT2D eigenvalue weighted by Crippen LogP contribution is -2.44. The average Bonchev–Trinajstić information content (AvgIpc) is 3.10. The van der Waals surface area contributed by atoms with Crippen molar-refractivity contribution in [1.29, 1.82) is 0 Å². The predicted molar refractivity (Wildman–Crippen MR) is 119 cm³/mol. The van der Waals surface area contributed by atoms with Crippen molar-refractivity contribution in [3.8, 4) is 11.3 Å². The standard InChI is InChI=1S/C22H29F5N4O2S/c1-4-31-19(13-18(28-31)14-30-10-8-21(23,24)9-11-30)16-6-5-7-17(12-16)20(2,3)29-34(32,33)15-22(25,26)27/h5-7,12-13,29H,4,8-11,14-15H2,1-3H3. The van der Waals surface area contributed by atoms with Crippen molar-refractivity contribution in [2.75, 3.05) is 18.8 Å². The van der Waals surface area contributed by atoms with Gasteiger partial charge in [-0.25, -0.2) is 21.9 Å². The second-order valence-corrected chi connectivity index (χ2v) is 10.9. The highest BCUT2D eigenvalue weighted by Gasteiger charge is 2.38. The number of aromatic nitrogens is 2. The number of rotatable bonds is 8. The number of aryl methyl sites for hydroxylation is 1. The summed E-state index contributed by atoms with van der Waals surface area (Å²) < 4.78 is 92.7. The van der Waals surface area contributed by atoms with Crippen LogP contribution in [0.5, 0.6) is 0 Å². The van der Waals surface area contributed by atoms with Crippen LogP contribution in [0, 0.1) is 0 Å². The van der Waals surface area contributed by atoms with Crippen molar-refractivity contribution in [1.82, 2.24) is 19.4 Å². The number of nitrogens with zero attached hydrogens (tertiary/aromatic N) is 3. The second kappa shape index (κ2) is 9.54. The number of likely N-dealkylation sites (tertiary alicyclic amines) is 1. The topological polar surface area (TPSA) is 67.2 Å². The van der Waals surface area contributed by atoms with E-state index in [1.54, 1.807) is 28.9 Å². The maximum absolute atomic E-state index is 13.4. The van der Waals surface area contributed by atoms with E-state index >= 15 is 0 Å². The quantitative estimate of drug-likeness (QED) is 0.533. The van der Waals surface area contributed by atoms with Gasteiger partial charge in [0, 0.05) is 44.6 Å². The first kappa shape index (κ1) is 26.6. The molecule has 0 bridgehead atoms. The van der Waals surface area contributed by atoms with Gasteiger partial charge >= 0.3 is 6.18 Å². The molecule has 0 spiro atoms. The molecule has 0 unspecified atom stereocenters. The highest BCUT2D eigenvalue weighted by atomic mass is 32.2. The third-order valence-electron chi connectivity index (χ3n) is 5.75. The minimum absolute atomic E-state index is 0.185. The van der Waals surface area contributed by atoms with E-state index in [1.807, 2.05) is 17.9 Å². The van der Waals surface area contributed by atoms with Crippen LogP contribution >= 0.6 is 0 Å². The smallest absolute Gasteiger partial charge is 0.297 e. The van der Waals surface area contributed by atoms with Crippen LogP contribution in [0.4, 0.5) is 22.0 Å². The Morgan fingerprint density at radius 3 is 2.35 bits per heavy atom. The van der Waals surface area contributed by atoms with Crippen molar-refractivity contribution in [3.05, 3.63) is 41.6 Å². The summed E-state index contributed by atoms with van der Waals surface area (Å²) in [4.78, 5) is 1.93. The summed E-state index contributed by atoms with van der Waals surface area (Å²) in [5, 5.41) is 4.58. The van der Waals surface area contributed by atoms with E-state index < -0.39 is 33.4 Å². The Morgan fingerprint density at radius 2 is 1.76 bits per heavy atom. The van der Waals surface area contributed by atoms with Crippen molar-refractivity contribution in [2.24, 2.45) is 0 Å². The van der Waals surface area contributed by atoms with Crippen LogP contribution in [-0.2, 0) is 28.7 Å². The van der Waals surface area contributed by atoms with E-state index in [-0.39, 0.29) is 25.9 Å². The lowest BCUT2D eigenvalue weighted by atomic mass is 9.93. The number of piperidine rings is 1. The van der Waals surface area contributed by atoms with Crippen LogP contribution in [0.25, 0.3) is 11.3 Å². The summed E-state index contributed by atoms with van der Waals surface area (Å²) in [6, 6.07) is 8.71. The van der Waals surface area contributed by atoms with Crippen molar-refractivity contribution >= 4 is 10.0 Å². The second-order valence-electron chi connectivity index (χ2n) is 9.15. The SMILES string of the molecule is CCn1nc(CN2CCC(F)(F)CC2)cc1-c1cccc(C(C)(C)NS(=O)(=O)CC(F)(F)F)c1. The van der Waals surface area contributed by atoms with Gasteiger partial charge in [0.15, 0.2) is 5.75 Å². The molecule has 1 aliphatic heterocycles. The maximum atomic E-state index is 13.4. The van der Waals surface area contributed by atoms with Crippen LogP contribution in [0.3, 0.4) is 0 Å². The van der Waals surface area contributed by atoms with Crippen molar-refractivity contribution < 1.29 is 30.4 Å². The molecule has 1 aromatic heterocycles. The summed E-state index contributed by atoms with van der Waals surface area (Å²) >= 11 is 0. The van der Waals surface area contributed by atoms with Gasteiger partial charge < -0.3 is 0 Å². The van der Waals surface area contributed by atoms with Gasteiger partial charge in [0.05, 0.1) is 16.9 Å². The molecule has 1 aromatic carbocycles. The third-order valence-corrected chi connectivity index (χ3v) is 7.28. The zero-order valence-corrected chi connectivity index (χ0v) is 20.1. The molecule has 0 amide bonds. The Kier molecular flexibility index (Phi) is 7.45. The average molecular weight is 509 g/mol. The fraction of sp³-hybridized carbons (Fsp3) is 0.591. The Labute approximate surface area is 196 Å². The normalized spacial score (nSPS) is 17.8. The van der Waals surface area contributed by atoms with Crippen molar-refractivity contribution in [2.45, 2.75) is 64.3 Å². The van der Waals surface area contributed by atoms with Gasteiger partial charge in [0.25, 0.3) is 5.92 Å². The van der Waals surface area contributed by atoms with E-state index in [0.717, 1.165) is 11.4 Å². The molecule has 12 heteroatoms. The number of halogens is 5. The van der Waals surface area contributed by atoms with Gasteiger partial charge in [0.2, 0.25) is 10.0 Å². The van der Waals surface area contributed by atoms with E-state index in [9.17, 15) is 30.4 Å². The summed E-state index contributed by atoms with van der Waals surface area (Å²) in [6.45, 7) is 6.42. The highest BCUT2D eigenvalue weighted by Crippen LogP contribution is 2.31. The number of hydrogen-bond acceptors (Lipinski definition) is 4. The largest absolute Gasteiger partial charge is 0.404 e. The van der Waals surface area contributed by atoms with E-state index in [1.165, 1.54) is 13.8 Å². The molecule has 1 fully saturated rings. The minimum atomic E-state index is -4.85. The Bertz CT molecular complexity index is 1100. The summed E-state index contributed by atoms with van der Waals surface area (Å²) in [5.74, 6) is -4.59. The van der Waals surface area contributed by atoms with E-state index in [2.05, 4.69) is 9.82 Å². The lowest BCUT2D eigenvalue weighted by Gasteiger charge is -2.31. The number of benzene rings is 1. The lowest BCUT2D eigenvalue weighted by molar-refractivity contribution is -0.106. The van der Waals surface area contributed by atoms with Gasteiger partial charge in [0.1, 0.15) is 0 Å². The number of sulfonamides is 1. The molecule has 1 saturated heterocycles. The predicted octanol–water partition coefficient (Wildman–Crippen LogP) is 4.52. The van der Waals surface area contributed by atoms with Gasteiger partial charge in [-0.15, -0.1) is 0 Å². The van der Waals surface area contributed by atoms with Gasteiger partial charge in [-0.3, -0.25) is 9.58 Å². The summed E-state index contributed by atoms with van der Waals surface area (Å²) in [5.41, 5.74) is 1.37. The first-order valence-corrected chi connectivity index (χ1v) is 12.6. The van der Waals surface area contributed by atoms with Crippen LogP contribution in [0.1, 0.15) is 44.9 Å². The van der Waals surface area contributed by atoms with Gasteiger partial charge in [-0.1, -0.05) is 18.2 Å². The molecular weight excluding hydrogens is 479 g/mol. The fourth-order valence-electron chi connectivity index (χ4n) is 4.05. The molecular formula is C22H29F5N4O2S. The van der Waals surface area contributed by atoms with Crippen LogP contribution in [-0.4, -0.2) is 54.0 Å². The Balaban J connectivity index is 1.82. The van der Waals surface area contributed by atoms with E-state index in [4.69, 9.17) is 0 Å². The Hall–Kier alpha value is -2.05. The highest BCUT2D eigenvalue weighted by molar-refractivity contribution is 7.89. The molecule has 2 aromatic rings.